The van der Waals surface area contributed by atoms with Crippen LogP contribution in [0.25, 0.3) is 0 Å². The van der Waals surface area contributed by atoms with E-state index in [2.05, 4.69) is 60.1 Å². The van der Waals surface area contributed by atoms with Crippen LogP contribution in [0.4, 0.5) is 0 Å². The summed E-state index contributed by atoms with van der Waals surface area (Å²) in [6.45, 7) is 10.8. The van der Waals surface area contributed by atoms with Crippen molar-refractivity contribution in [3.05, 3.63) is 35.9 Å². The molecule has 10 amide bonds. The Morgan fingerprint density at radius 2 is 1.19 bits per heavy atom. The molecule has 0 aromatic heterocycles. The van der Waals surface area contributed by atoms with Gasteiger partial charge in [-0.25, -0.2) is 0 Å². The van der Waals surface area contributed by atoms with E-state index in [4.69, 9.17) is 11.5 Å². The van der Waals surface area contributed by atoms with Gasteiger partial charge >= 0.3 is 0 Å². The summed E-state index contributed by atoms with van der Waals surface area (Å²) in [7, 11) is 0. The zero-order valence-corrected chi connectivity index (χ0v) is 44.8. The Bertz CT molecular complexity index is 2030. The highest BCUT2D eigenvalue weighted by molar-refractivity contribution is 5.99. The first-order valence-corrected chi connectivity index (χ1v) is 26.4. The van der Waals surface area contributed by atoms with Crippen LogP contribution in [0, 0.1) is 5.92 Å². The Labute approximate surface area is 440 Å². The molecule has 0 bridgehead atoms. The van der Waals surface area contributed by atoms with E-state index in [0.717, 1.165) is 25.7 Å². The first-order chi connectivity index (χ1) is 35.6. The van der Waals surface area contributed by atoms with Crippen LogP contribution in [-0.4, -0.2) is 156 Å². The number of carbonyl (C=O) groups is 10. The topological polar surface area (TPSA) is 383 Å². The Morgan fingerprint density at radius 1 is 0.640 bits per heavy atom. The lowest BCUT2D eigenvalue weighted by Gasteiger charge is -2.28. The SMILES string of the molecule is CCCCCCCC(=O)N[C@H](C(=O)N[C@@H](CCN)C(=O)N[C@H]1CCNC(=O)[C@H]([C@@H](C)O)NC(=O)[C@H](CCN)NC(=O)[C@H](CC)NC(=O)[C@H](CC(C)C)NC(=O)[C@H](Cc2ccccc2)NC(=O)[C@H](CC)NC1=O)[C@@H](C)O. The van der Waals surface area contributed by atoms with Gasteiger partial charge in [0, 0.05) is 19.4 Å². The Hall–Kier alpha value is -6.24. The lowest BCUT2D eigenvalue weighted by atomic mass is 10.00. The predicted molar refractivity (Wildman–Crippen MR) is 279 cm³/mol. The Morgan fingerprint density at radius 3 is 1.75 bits per heavy atom. The minimum absolute atomic E-state index is 0.0362. The van der Waals surface area contributed by atoms with E-state index in [1.807, 2.05) is 13.8 Å². The molecule has 1 fully saturated rings. The summed E-state index contributed by atoms with van der Waals surface area (Å²) in [5.74, 6) is -8.33. The summed E-state index contributed by atoms with van der Waals surface area (Å²) < 4.78 is 0. The van der Waals surface area contributed by atoms with E-state index < -0.39 is 126 Å². The van der Waals surface area contributed by atoms with Crippen molar-refractivity contribution in [2.45, 2.75) is 199 Å². The number of nitrogens with one attached hydrogen (secondary N) is 10. The van der Waals surface area contributed by atoms with Crippen molar-refractivity contribution >= 4 is 59.1 Å². The number of hydrogen-bond acceptors (Lipinski definition) is 14. The van der Waals surface area contributed by atoms with Gasteiger partial charge in [-0.1, -0.05) is 90.6 Å². The minimum Gasteiger partial charge on any atom is -0.391 e. The highest BCUT2D eigenvalue weighted by Crippen LogP contribution is 2.12. The molecule has 1 aromatic rings. The van der Waals surface area contributed by atoms with Crippen molar-refractivity contribution in [3.63, 3.8) is 0 Å². The van der Waals surface area contributed by atoms with Gasteiger partial charge < -0.3 is 74.8 Å². The van der Waals surface area contributed by atoms with Gasteiger partial charge in [-0.05, 0) is 83.4 Å². The fourth-order valence-corrected chi connectivity index (χ4v) is 8.15. The van der Waals surface area contributed by atoms with Crippen molar-refractivity contribution < 1.29 is 58.2 Å². The van der Waals surface area contributed by atoms with E-state index in [9.17, 15) is 58.2 Å². The largest absolute Gasteiger partial charge is 0.391 e. The molecule has 1 aromatic carbocycles. The van der Waals surface area contributed by atoms with Crippen molar-refractivity contribution in [2.75, 3.05) is 19.6 Å². The molecule has 75 heavy (non-hydrogen) atoms. The maximum absolute atomic E-state index is 14.3. The molecule has 1 saturated heterocycles. The molecule has 1 aliphatic heterocycles. The molecule has 24 heteroatoms. The third-order valence-electron chi connectivity index (χ3n) is 12.5. The van der Waals surface area contributed by atoms with Crippen LogP contribution in [-0.2, 0) is 54.4 Å². The van der Waals surface area contributed by atoms with Gasteiger partial charge in [0.05, 0.1) is 12.2 Å². The number of unbranched alkanes of at least 4 members (excludes halogenated alkanes) is 4. The zero-order valence-electron chi connectivity index (χ0n) is 44.8. The average molecular weight is 1060 g/mol. The first kappa shape index (κ1) is 64.9. The van der Waals surface area contributed by atoms with Gasteiger partial charge in [0.2, 0.25) is 59.1 Å². The van der Waals surface area contributed by atoms with Crippen LogP contribution in [0.3, 0.4) is 0 Å². The molecule has 0 aliphatic carbocycles. The van der Waals surface area contributed by atoms with Gasteiger partial charge in [-0.15, -0.1) is 0 Å². The van der Waals surface area contributed by atoms with Crippen LogP contribution >= 0.6 is 0 Å². The normalized spacial score (nSPS) is 23.6. The number of aliphatic hydroxyl groups excluding tert-OH is 2. The summed E-state index contributed by atoms with van der Waals surface area (Å²) >= 11 is 0. The van der Waals surface area contributed by atoms with Crippen molar-refractivity contribution in [2.24, 2.45) is 17.4 Å². The lowest BCUT2D eigenvalue weighted by molar-refractivity contribution is -0.136. The summed E-state index contributed by atoms with van der Waals surface area (Å²) in [6.07, 6.45) is 0.928. The van der Waals surface area contributed by atoms with Gasteiger partial charge in [-0.2, -0.15) is 0 Å². The Kier molecular flexibility index (Phi) is 29.7. The van der Waals surface area contributed by atoms with Crippen LogP contribution in [0.15, 0.2) is 30.3 Å². The maximum Gasteiger partial charge on any atom is 0.245 e. The third-order valence-corrected chi connectivity index (χ3v) is 12.5. The highest BCUT2D eigenvalue weighted by atomic mass is 16.3. The molecule has 1 heterocycles. The van der Waals surface area contributed by atoms with E-state index >= 15 is 0 Å². The van der Waals surface area contributed by atoms with Crippen molar-refractivity contribution in [1.82, 2.24) is 53.2 Å². The summed E-state index contributed by atoms with van der Waals surface area (Å²) in [4.78, 5) is 138. The van der Waals surface area contributed by atoms with Crippen LogP contribution in [0.5, 0.6) is 0 Å². The molecule has 0 spiro atoms. The number of rotatable bonds is 23. The van der Waals surface area contributed by atoms with Gasteiger partial charge in [0.1, 0.15) is 54.4 Å². The number of benzene rings is 1. The molecule has 16 N–H and O–H groups in total. The monoisotopic (exact) mass is 1060 g/mol. The van der Waals surface area contributed by atoms with Crippen LogP contribution in [0.2, 0.25) is 0 Å². The number of nitrogens with two attached hydrogens (primary N) is 2. The smallest absolute Gasteiger partial charge is 0.245 e. The lowest BCUT2D eigenvalue weighted by Crippen LogP contribution is -2.61. The van der Waals surface area contributed by atoms with Gasteiger partial charge in [0.25, 0.3) is 0 Å². The van der Waals surface area contributed by atoms with E-state index in [0.29, 0.717) is 12.0 Å². The summed E-state index contributed by atoms with van der Waals surface area (Å²) in [5, 5.41) is 47.1. The summed E-state index contributed by atoms with van der Waals surface area (Å²) in [5.41, 5.74) is 12.3. The number of amides is 10. The second kappa shape index (κ2) is 34.4. The van der Waals surface area contributed by atoms with Crippen LogP contribution < -0.4 is 64.6 Å². The predicted octanol–water partition coefficient (Wildman–Crippen LogP) is -2.20. The molecule has 422 valence electrons. The molecule has 0 unspecified atom stereocenters. The Balaban J connectivity index is 2.65. The highest BCUT2D eigenvalue weighted by Gasteiger charge is 2.36. The fourth-order valence-electron chi connectivity index (χ4n) is 8.15. The molecule has 24 nitrogen and oxygen atoms in total. The maximum atomic E-state index is 14.3. The van der Waals surface area contributed by atoms with Crippen molar-refractivity contribution in [3.8, 4) is 0 Å². The quantitative estimate of drug-likeness (QED) is 0.0518. The number of carbonyl (C=O) groups excluding carboxylic acids is 10. The van der Waals surface area contributed by atoms with Gasteiger partial charge in [0.15, 0.2) is 0 Å². The van der Waals surface area contributed by atoms with Crippen LogP contribution in [0.1, 0.15) is 131 Å². The third kappa shape index (κ3) is 23.0. The second-order valence-corrected chi connectivity index (χ2v) is 19.5. The number of aliphatic hydroxyl groups is 2. The molecule has 0 saturated carbocycles. The zero-order chi connectivity index (χ0) is 56.2. The van der Waals surface area contributed by atoms with E-state index in [1.54, 1.807) is 44.2 Å². The van der Waals surface area contributed by atoms with E-state index in [-0.39, 0.29) is 76.9 Å². The fraction of sp³-hybridized carbons (Fsp3) is 0.686. The molecule has 1 aliphatic rings. The summed E-state index contributed by atoms with van der Waals surface area (Å²) in [6, 6.07) is -3.79. The molecule has 2 rings (SSSR count). The molecular formula is C51H86N12O12. The molecule has 11 atom stereocenters. The average Bonchev–Trinajstić information content (AvgIpc) is 3.36. The minimum atomic E-state index is -1.62. The number of hydrogen-bond donors (Lipinski definition) is 14. The first-order valence-electron chi connectivity index (χ1n) is 26.4. The second-order valence-electron chi connectivity index (χ2n) is 19.5. The standard InChI is InChI=1S/C51H86N12O12/c1-8-11-12-13-17-20-40(66)62-42(31(7)65)51(75)59-35(21-24-52)45(69)58-37-23-26-54-50(74)41(30(6)64)63-47(71)36(22-25-53)57-43(67)33(9-2)56-48(72)38(27-29(4)5)60-49(73)39(28-32-18-15-14-16-19-32)61-44(68)34(10-3)55-46(37)70/h14-16,18-19,29-31,33-39,41-42,64-65H,8-13,17,20-28,52-53H2,1-7H3,(H,54,74)(H,55,70)(H,56,72)(H,57,67)(H,58,69)(H,59,75)(H,60,73)(H,61,68)(H,62,66)(H,63,71)/t30-,31-,33+,34+,35+,36+,37+,38+,39+,41+,42+/m1/s1. The molecule has 0 radical (unpaired) electrons. The molecular weight excluding hydrogens is 973 g/mol. The van der Waals surface area contributed by atoms with E-state index in [1.165, 1.54) is 13.8 Å². The van der Waals surface area contributed by atoms with Crippen molar-refractivity contribution in [1.29, 1.82) is 0 Å². The van der Waals surface area contributed by atoms with Gasteiger partial charge in [-0.3, -0.25) is 47.9 Å².